The molecule has 7 heteroatoms. The molecule has 1 aliphatic heterocycles. The normalized spacial score (nSPS) is 23.9. The van der Waals surface area contributed by atoms with E-state index in [1.54, 1.807) is 24.8 Å². The number of nitrogens with zero attached hydrogens (tertiary/aromatic N) is 1. The van der Waals surface area contributed by atoms with Gasteiger partial charge in [-0.2, -0.15) is 0 Å². The maximum Gasteiger partial charge on any atom is 0.350 e. The van der Waals surface area contributed by atoms with Crippen molar-refractivity contribution in [2.24, 2.45) is 11.3 Å². The van der Waals surface area contributed by atoms with Gasteiger partial charge in [0.2, 0.25) is 5.91 Å². The molecule has 35 heavy (non-hydrogen) atoms. The van der Waals surface area contributed by atoms with Gasteiger partial charge in [-0.15, -0.1) is 11.3 Å². The zero-order valence-electron chi connectivity index (χ0n) is 24.1. The maximum atomic E-state index is 14.1. The van der Waals surface area contributed by atoms with Gasteiger partial charge in [-0.3, -0.25) is 4.79 Å². The summed E-state index contributed by atoms with van der Waals surface area (Å²) in [5.74, 6) is 4.53. The third-order valence-electron chi connectivity index (χ3n) is 6.96. The van der Waals surface area contributed by atoms with E-state index >= 15 is 0 Å². The lowest BCUT2D eigenvalue weighted by Gasteiger charge is -2.41. The highest BCUT2D eigenvalue weighted by atomic mass is 32.1. The smallest absolute Gasteiger partial charge is 0.350 e. The summed E-state index contributed by atoms with van der Waals surface area (Å²) >= 11 is 1.13. The second-order valence-corrected chi connectivity index (χ2v) is 11.3. The van der Waals surface area contributed by atoms with Crippen LogP contribution in [0.3, 0.4) is 0 Å². The number of methoxy groups -OCH3 is 1. The molecule has 1 aromatic heterocycles. The van der Waals surface area contributed by atoms with Crippen LogP contribution >= 0.6 is 11.3 Å². The quantitative estimate of drug-likeness (QED) is 0.300. The minimum Gasteiger partial charge on any atom is -0.465 e. The first-order valence-corrected chi connectivity index (χ1v) is 13.2. The van der Waals surface area contributed by atoms with Crippen molar-refractivity contribution in [1.29, 1.82) is 0 Å². The summed E-state index contributed by atoms with van der Waals surface area (Å²) < 4.78 is 40.3. The minimum atomic E-state index is -2.26. The van der Waals surface area contributed by atoms with Crippen LogP contribution in [0.2, 0.25) is 0 Å². The van der Waals surface area contributed by atoms with Crippen molar-refractivity contribution in [3.05, 3.63) is 27.5 Å². The standard InChI is InChI=1S/C28H37NO5S/c1-19-6-8-20(9-7-19)25(30)29(21-10-14-28(15-11-21)33-16-17-34-28)23-18-22(12-13-27(2,3)4)35-24(23)26(31)32-5/h6,18,20-21H,7-11,14-17H2,1-5H3/t20-/m0/s1/i2D3. The van der Waals surface area contributed by atoms with Crippen LogP contribution in [0.1, 0.15) is 91.2 Å². The average molecular weight is 503 g/mol. The molecule has 1 saturated carbocycles. The number of rotatable bonds is 4. The molecule has 190 valence electrons. The highest BCUT2D eigenvalue weighted by molar-refractivity contribution is 7.15. The number of ether oxygens (including phenoxy) is 3. The van der Waals surface area contributed by atoms with Crippen molar-refractivity contribution in [1.82, 2.24) is 0 Å². The van der Waals surface area contributed by atoms with E-state index in [0.717, 1.165) is 24.2 Å². The summed E-state index contributed by atoms with van der Waals surface area (Å²) in [5.41, 5.74) is 0.544. The molecule has 2 heterocycles. The number of carbonyl (C=O) groups excluding carboxylic acids is 2. The molecular weight excluding hydrogens is 462 g/mol. The fourth-order valence-corrected chi connectivity index (χ4v) is 5.97. The predicted octanol–water partition coefficient (Wildman–Crippen LogP) is 5.70. The lowest BCUT2D eigenvalue weighted by Crippen LogP contribution is -2.49. The average Bonchev–Trinajstić information content (AvgIpc) is 3.51. The Morgan fingerprint density at radius 1 is 1.26 bits per heavy atom. The monoisotopic (exact) mass is 502 g/mol. The lowest BCUT2D eigenvalue weighted by molar-refractivity contribution is -0.179. The van der Waals surface area contributed by atoms with Crippen LogP contribution in [-0.4, -0.2) is 44.0 Å². The molecule has 0 unspecified atom stereocenters. The van der Waals surface area contributed by atoms with E-state index in [4.69, 9.17) is 18.3 Å². The minimum absolute atomic E-state index is 0.00626. The topological polar surface area (TPSA) is 65.1 Å². The third-order valence-corrected chi connectivity index (χ3v) is 7.98. The summed E-state index contributed by atoms with van der Waals surface area (Å²) in [5, 5.41) is 0. The van der Waals surface area contributed by atoms with E-state index < -0.39 is 24.0 Å². The number of carbonyl (C=O) groups is 2. The number of hydrogen-bond donors (Lipinski definition) is 0. The van der Waals surface area contributed by atoms with Gasteiger partial charge in [0.25, 0.3) is 0 Å². The summed E-state index contributed by atoms with van der Waals surface area (Å²) in [4.78, 5) is 29.6. The summed E-state index contributed by atoms with van der Waals surface area (Å²) in [6.45, 7) is 4.12. The molecule has 2 fully saturated rings. The first-order chi connectivity index (χ1) is 17.9. The maximum absolute atomic E-state index is 14.1. The third kappa shape index (κ3) is 5.99. The number of amides is 1. The second kappa shape index (κ2) is 10.5. The van der Waals surface area contributed by atoms with Crippen molar-refractivity contribution in [3.8, 4) is 11.8 Å². The Labute approximate surface area is 217 Å². The summed E-state index contributed by atoms with van der Waals surface area (Å²) in [7, 11) is 1.31. The number of thiophene rings is 1. The molecule has 2 aliphatic carbocycles. The van der Waals surface area contributed by atoms with Gasteiger partial charge in [0, 0.05) is 34.3 Å². The molecule has 1 aromatic rings. The molecule has 4 rings (SSSR count). The van der Waals surface area contributed by atoms with Crippen molar-refractivity contribution in [2.75, 3.05) is 25.2 Å². The van der Waals surface area contributed by atoms with Gasteiger partial charge in [-0.25, -0.2) is 4.79 Å². The number of hydrogen-bond acceptors (Lipinski definition) is 6. The summed E-state index contributed by atoms with van der Waals surface area (Å²) in [6, 6.07) is 1.61. The van der Waals surface area contributed by atoms with E-state index in [-0.39, 0.29) is 17.9 Å². The Morgan fingerprint density at radius 3 is 2.57 bits per heavy atom. The molecule has 0 radical (unpaired) electrons. The molecule has 0 aromatic carbocycles. The van der Waals surface area contributed by atoms with Crippen LogP contribution in [0.25, 0.3) is 0 Å². The Kier molecular flexibility index (Phi) is 6.60. The first kappa shape index (κ1) is 22.1. The molecule has 3 aliphatic rings. The molecular formula is C28H37NO5S. The molecule has 1 spiro atoms. The van der Waals surface area contributed by atoms with E-state index in [0.29, 0.717) is 60.8 Å². The van der Waals surface area contributed by atoms with E-state index in [2.05, 4.69) is 24.8 Å². The highest BCUT2D eigenvalue weighted by Gasteiger charge is 2.44. The largest absolute Gasteiger partial charge is 0.465 e. The lowest BCUT2D eigenvalue weighted by atomic mass is 9.85. The molecule has 0 N–H and O–H groups in total. The van der Waals surface area contributed by atoms with Crippen LogP contribution in [0, 0.1) is 23.2 Å². The van der Waals surface area contributed by atoms with Crippen LogP contribution in [0.4, 0.5) is 5.69 Å². The van der Waals surface area contributed by atoms with Gasteiger partial charge in [-0.05, 0) is 65.8 Å². The van der Waals surface area contributed by atoms with Crippen LogP contribution < -0.4 is 4.90 Å². The number of esters is 1. The highest BCUT2D eigenvalue weighted by Crippen LogP contribution is 2.42. The van der Waals surface area contributed by atoms with E-state index in [1.807, 2.05) is 0 Å². The molecule has 1 saturated heterocycles. The van der Waals surface area contributed by atoms with E-state index in [9.17, 15) is 9.59 Å². The van der Waals surface area contributed by atoms with Gasteiger partial charge in [0.15, 0.2) is 5.79 Å². The molecule has 6 nitrogen and oxygen atoms in total. The number of allylic oxidation sites excluding steroid dienone is 2. The number of anilines is 1. The van der Waals surface area contributed by atoms with Crippen molar-refractivity contribution < 1.29 is 27.9 Å². The molecule has 1 atom stereocenters. The zero-order chi connectivity index (χ0) is 27.7. The predicted molar refractivity (Wildman–Crippen MR) is 137 cm³/mol. The van der Waals surface area contributed by atoms with Crippen molar-refractivity contribution in [3.63, 3.8) is 0 Å². The van der Waals surface area contributed by atoms with E-state index in [1.165, 1.54) is 12.7 Å². The van der Waals surface area contributed by atoms with Gasteiger partial charge in [0.05, 0.1) is 30.9 Å². The second-order valence-electron chi connectivity index (χ2n) is 10.3. The zero-order valence-corrected chi connectivity index (χ0v) is 21.9. The van der Waals surface area contributed by atoms with Crippen molar-refractivity contribution in [2.45, 2.75) is 84.4 Å². The van der Waals surface area contributed by atoms with Gasteiger partial charge < -0.3 is 19.1 Å². The van der Waals surface area contributed by atoms with Gasteiger partial charge in [0.1, 0.15) is 4.88 Å². The Bertz CT molecular complexity index is 1140. The van der Waals surface area contributed by atoms with Crippen LogP contribution in [0.15, 0.2) is 17.7 Å². The Balaban J connectivity index is 1.72. The summed E-state index contributed by atoms with van der Waals surface area (Å²) in [6.07, 6.45) is 7.12. The van der Waals surface area contributed by atoms with Crippen LogP contribution in [0.5, 0.6) is 0 Å². The fraction of sp³-hybridized carbons (Fsp3) is 0.643. The van der Waals surface area contributed by atoms with Crippen molar-refractivity contribution >= 4 is 28.9 Å². The Morgan fingerprint density at radius 2 is 1.97 bits per heavy atom. The Hall–Kier alpha value is -2.14. The SMILES string of the molecule is [2H]C([2H])([2H])C(C)(C)C#Cc1cc(N(C(=O)[C@H]2CC=C(C)CC2)C2CCC3(CC2)OCCO3)c(C(=O)OC)s1. The van der Waals surface area contributed by atoms with Gasteiger partial charge in [-0.1, -0.05) is 23.5 Å². The molecule has 1 amide bonds. The molecule has 0 bridgehead atoms. The van der Waals surface area contributed by atoms with Crippen LogP contribution in [-0.2, 0) is 19.0 Å². The fourth-order valence-electron chi connectivity index (χ4n) is 5.05. The first-order valence-electron chi connectivity index (χ1n) is 13.9. The van der Waals surface area contributed by atoms with Gasteiger partial charge >= 0.3 is 5.97 Å².